The van der Waals surface area contributed by atoms with E-state index in [0.717, 1.165) is 9.99 Å². The summed E-state index contributed by atoms with van der Waals surface area (Å²) in [6.45, 7) is 0. The van der Waals surface area contributed by atoms with Crippen molar-refractivity contribution in [1.29, 1.82) is 0 Å². The summed E-state index contributed by atoms with van der Waals surface area (Å²) in [6.07, 6.45) is 0. The van der Waals surface area contributed by atoms with Crippen LogP contribution in [0, 0.1) is 0 Å². The lowest BCUT2D eigenvalue weighted by molar-refractivity contribution is 1.55. The van der Waals surface area contributed by atoms with Gasteiger partial charge in [0.25, 0.3) is 0 Å². The Kier molecular flexibility index (Phi) is 2.90. The predicted molar refractivity (Wildman–Crippen MR) is 128 cm³/mol. The zero-order chi connectivity index (χ0) is 19.1. The number of aromatic nitrogens is 2. The Balaban J connectivity index is 1.93. The van der Waals surface area contributed by atoms with Crippen molar-refractivity contribution in [2.75, 3.05) is 0 Å². The summed E-state index contributed by atoms with van der Waals surface area (Å²) in [5, 5.41) is 10.2. The molecule has 0 aliphatic rings. The number of rotatable bonds is 0. The van der Waals surface area contributed by atoms with Gasteiger partial charge in [0, 0.05) is 36.9 Å². The van der Waals surface area contributed by atoms with E-state index < -0.39 is 0 Å². The first kappa shape index (κ1) is 15.6. The molecule has 0 aliphatic heterocycles. The molecule has 2 N–H and O–H groups in total. The largest absolute Gasteiger partial charge is 0.354 e. The number of aromatic amines is 2. The molecule has 0 amide bonds. The van der Waals surface area contributed by atoms with Crippen LogP contribution >= 0.6 is 15.9 Å². The van der Waals surface area contributed by atoms with Crippen molar-refractivity contribution in [1.82, 2.24) is 9.97 Å². The molecule has 5 aromatic carbocycles. The maximum absolute atomic E-state index is 3.83. The summed E-state index contributed by atoms with van der Waals surface area (Å²) in [5.74, 6) is 0. The second kappa shape index (κ2) is 5.40. The van der Waals surface area contributed by atoms with E-state index in [0.29, 0.717) is 0 Å². The van der Waals surface area contributed by atoms with Crippen molar-refractivity contribution in [2.45, 2.75) is 0 Å². The first-order chi connectivity index (χ1) is 14.3. The highest BCUT2D eigenvalue weighted by atomic mass is 79.9. The fourth-order valence-corrected chi connectivity index (χ4v) is 5.53. The smallest absolute Gasteiger partial charge is 0.0616 e. The number of para-hydroxylation sites is 1. The molecule has 2 aromatic heterocycles. The molecule has 0 bridgehead atoms. The molecule has 0 radical (unpaired) electrons. The number of nitrogens with one attached hydrogen (secondary N) is 2. The Bertz CT molecular complexity index is 1770. The first-order valence-electron chi connectivity index (χ1n) is 9.75. The van der Waals surface area contributed by atoms with E-state index in [9.17, 15) is 0 Å². The van der Waals surface area contributed by atoms with Crippen LogP contribution in [-0.4, -0.2) is 9.97 Å². The summed E-state index contributed by atoms with van der Waals surface area (Å²) >= 11 is 3.83. The molecule has 0 spiro atoms. The number of halogens is 1. The van der Waals surface area contributed by atoms with Crippen LogP contribution in [0.1, 0.15) is 0 Å². The zero-order valence-electron chi connectivity index (χ0n) is 15.4. The Morgan fingerprint density at radius 3 is 2.03 bits per heavy atom. The highest BCUT2D eigenvalue weighted by Gasteiger charge is 2.19. The van der Waals surface area contributed by atoms with Gasteiger partial charge in [0.2, 0.25) is 0 Å². The maximum atomic E-state index is 3.83. The standard InChI is InChI=1S/C26H15BrN2/c27-19-13-14-7-1-2-8-15(14)21-22-16-9-3-4-10-17(16)24-23(26(22)29-25(19)21)18-11-5-6-12-20(18)28-24/h1-13,28-29H. The van der Waals surface area contributed by atoms with Crippen molar-refractivity contribution < 1.29 is 0 Å². The molecule has 7 rings (SSSR count). The molecule has 2 nitrogen and oxygen atoms in total. The van der Waals surface area contributed by atoms with Crippen molar-refractivity contribution in [3.8, 4) is 0 Å². The molecule has 0 atom stereocenters. The van der Waals surface area contributed by atoms with Crippen LogP contribution in [0.2, 0.25) is 0 Å². The van der Waals surface area contributed by atoms with Crippen molar-refractivity contribution in [3.05, 3.63) is 83.3 Å². The van der Waals surface area contributed by atoms with Crippen molar-refractivity contribution in [3.63, 3.8) is 0 Å². The monoisotopic (exact) mass is 434 g/mol. The Morgan fingerprint density at radius 1 is 0.517 bits per heavy atom. The van der Waals surface area contributed by atoms with Gasteiger partial charge >= 0.3 is 0 Å². The summed E-state index contributed by atoms with van der Waals surface area (Å²) in [5.41, 5.74) is 4.72. The lowest BCUT2D eigenvalue weighted by Gasteiger charge is -2.06. The molecular weight excluding hydrogens is 420 g/mol. The van der Waals surface area contributed by atoms with Gasteiger partial charge in [0.15, 0.2) is 0 Å². The summed E-state index contributed by atoms with van der Waals surface area (Å²) in [4.78, 5) is 7.46. The van der Waals surface area contributed by atoms with E-state index in [1.165, 1.54) is 59.6 Å². The van der Waals surface area contributed by atoms with E-state index in [1.807, 2.05) is 0 Å². The van der Waals surface area contributed by atoms with Gasteiger partial charge in [-0.2, -0.15) is 0 Å². The second-order valence-electron chi connectivity index (χ2n) is 7.67. The Hall–Kier alpha value is -3.30. The van der Waals surface area contributed by atoms with Gasteiger partial charge in [-0.25, -0.2) is 0 Å². The minimum absolute atomic E-state index is 1.10. The van der Waals surface area contributed by atoms with Crippen molar-refractivity contribution >= 4 is 81.1 Å². The molecule has 0 aliphatic carbocycles. The van der Waals surface area contributed by atoms with Crippen LogP contribution in [0.5, 0.6) is 0 Å². The highest BCUT2D eigenvalue weighted by Crippen LogP contribution is 2.45. The van der Waals surface area contributed by atoms with Gasteiger partial charge in [-0.05, 0) is 44.2 Å². The third kappa shape index (κ3) is 1.91. The fourth-order valence-electron chi connectivity index (χ4n) is 4.99. The molecular formula is C26H15BrN2. The van der Waals surface area contributed by atoms with Gasteiger partial charge in [-0.3, -0.25) is 0 Å². The Morgan fingerprint density at radius 2 is 1.17 bits per heavy atom. The molecule has 7 aromatic rings. The zero-order valence-corrected chi connectivity index (χ0v) is 17.0. The van der Waals surface area contributed by atoms with E-state index in [-0.39, 0.29) is 0 Å². The summed E-state index contributed by atoms with van der Waals surface area (Å²) < 4.78 is 1.10. The van der Waals surface area contributed by atoms with E-state index in [1.54, 1.807) is 0 Å². The van der Waals surface area contributed by atoms with Crippen LogP contribution in [0.15, 0.2) is 83.3 Å². The number of fused-ring (bicyclic) bond motifs is 12. The van der Waals surface area contributed by atoms with E-state index >= 15 is 0 Å². The molecule has 3 heteroatoms. The Labute approximate surface area is 174 Å². The quantitative estimate of drug-likeness (QED) is 0.242. The van der Waals surface area contributed by atoms with Crippen molar-refractivity contribution in [2.24, 2.45) is 0 Å². The SMILES string of the molecule is Brc1cc2ccccc2c2c1[nH]c1c3c4ccccc4[nH]c3c3ccccc3c12. The molecule has 2 heterocycles. The minimum Gasteiger partial charge on any atom is -0.354 e. The third-order valence-electron chi connectivity index (χ3n) is 6.17. The number of hydrogen-bond donors (Lipinski definition) is 2. The maximum Gasteiger partial charge on any atom is 0.0616 e. The van der Waals surface area contributed by atoms with Gasteiger partial charge < -0.3 is 9.97 Å². The predicted octanol–water partition coefficient (Wildman–Crippen LogP) is 8.02. The van der Waals surface area contributed by atoms with Gasteiger partial charge in [0.05, 0.1) is 16.6 Å². The average molecular weight is 435 g/mol. The number of H-pyrrole nitrogens is 2. The van der Waals surface area contributed by atoms with Crippen LogP contribution in [0.4, 0.5) is 0 Å². The van der Waals surface area contributed by atoms with Crippen LogP contribution < -0.4 is 0 Å². The van der Waals surface area contributed by atoms with Crippen LogP contribution in [0.3, 0.4) is 0 Å². The first-order valence-corrected chi connectivity index (χ1v) is 10.5. The molecule has 136 valence electrons. The molecule has 0 fully saturated rings. The van der Waals surface area contributed by atoms with E-state index in [2.05, 4.69) is 105 Å². The fraction of sp³-hybridized carbons (Fsp3) is 0. The van der Waals surface area contributed by atoms with Gasteiger partial charge in [-0.15, -0.1) is 0 Å². The van der Waals surface area contributed by atoms with Gasteiger partial charge in [-0.1, -0.05) is 66.7 Å². The number of hydrogen-bond acceptors (Lipinski definition) is 0. The average Bonchev–Trinajstić information content (AvgIpc) is 3.34. The topological polar surface area (TPSA) is 31.6 Å². The molecule has 0 saturated heterocycles. The van der Waals surface area contributed by atoms with Gasteiger partial charge in [0.1, 0.15) is 0 Å². The van der Waals surface area contributed by atoms with Crippen LogP contribution in [-0.2, 0) is 0 Å². The van der Waals surface area contributed by atoms with Crippen LogP contribution in [0.25, 0.3) is 65.2 Å². The summed E-state index contributed by atoms with van der Waals surface area (Å²) in [6, 6.07) is 28.2. The van der Waals surface area contributed by atoms with E-state index in [4.69, 9.17) is 0 Å². The molecule has 0 unspecified atom stereocenters. The number of benzene rings is 5. The molecule has 0 saturated carbocycles. The third-order valence-corrected chi connectivity index (χ3v) is 6.80. The second-order valence-corrected chi connectivity index (χ2v) is 8.53. The lowest BCUT2D eigenvalue weighted by Crippen LogP contribution is -1.80. The minimum atomic E-state index is 1.10. The lowest BCUT2D eigenvalue weighted by atomic mass is 9.97. The highest BCUT2D eigenvalue weighted by molar-refractivity contribution is 9.10. The summed E-state index contributed by atoms with van der Waals surface area (Å²) in [7, 11) is 0. The molecule has 29 heavy (non-hydrogen) atoms. The normalized spacial score (nSPS) is 12.3.